The van der Waals surface area contributed by atoms with Crippen molar-refractivity contribution in [2.45, 2.75) is 90.4 Å². The van der Waals surface area contributed by atoms with Crippen molar-refractivity contribution in [3.63, 3.8) is 0 Å². The molecule has 6 N–H and O–H groups in total. The Labute approximate surface area is 344 Å². The van der Waals surface area contributed by atoms with E-state index in [1.54, 1.807) is 17.2 Å². The molecule has 0 aliphatic heterocycles. The standard InChI is InChI=1S/C41H57F2N5O8SSi/c1-41(2,3)37(34-21-28(30-22-29(42)13-14-31(30)43)24-47(34)23-27-11-8-7-9-12-27)48(18-10-17-45-40(55)56-19-20-58(4,5)6)35(49)26-57-25-33(39(53)54)46-38(52)32(44)15-16-36(50)51/h7-9,11-14,21-22,24,32-33,37H,10,15-20,23,25-26,44H2,1-6H3,(H,45,55)(H,46,52)(H,50,51)(H,53,54)/t32-,33-,37-/m0/s1. The summed E-state index contributed by atoms with van der Waals surface area (Å²) < 4.78 is 37.0. The molecule has 3 rings (SSSR count). The van der Waals surface area contributed by atoms with Crippen LogP contribution in [-0.2, 0) is 30.5 Å². The monoisotopic (exact) mass is 845 g/mol. The first-order valence-corrected chi connectivity index (χ1v) is 24.0. The molecule has 0 unspecified atom stereocenters. The second kappa shape index (κ2) is 21.9. The van der Waals surface area contributed by atoms with Crippen molar-refractivity contribution < 1.29 is 47.7 Å². The second-order valence-corrected chi connectivity index (χ2v) is 23.1. The summed E-state index contributed by atoms with van der Waals surface area (Å²) in [5, 5.41) is 23.9. The molecule has 1 aromatic heterocycles. The lowest BCUT2D eigenvalue weighted by molar-refractivity contribution is -0.141. The number of aromatic nitrogens is 1. The Balaban J connectivity index is 1.96. The number of amides is 3. The van der Waals surface area contributed by atoms with Gasteiger partial charge in [-0.1, -0.05) is 70.7 Å². The fraction of sp³-hybridized carbons (Fsp3) is 0.488. The molecule has 3 atom stereocenters. The van der Waals surface area contributed by atoms with Crippen LogP contribution in [0.25, 0.3) is 11.1 Å². The highest BCUT2D eigenvalue weighted by Gasteiger charge is 2.37. The molecule has 3 amide bonds. The van der Waals surface area contributed by atoms with Gasteiger partial charge < -0.3 is 40.8 Å². The van der Waals surface area contributed by atoms with Gasteiger partial charge in [-0.3, -0.25) is 14.4 Å². The zero-order valence-electron chi connectivity index (χ0n) is 34.1. The molecule has 0 saturated heterocycles. The predicted molar refractivity (Wildman–Crippen MR) is 223 cm³/mol. The van der Waals surface area contributed by atoms with Crippen molar-refractivity contribution in [3.8, 4) is 11.1 Å². The molecule has 0 aliphatic rings. The minimum atomic E-state index is -1.42. The minimum Gasteiger partial charge on any atom is -0.481 e. The number of alkyl carbamates (subject to hydrolysis) is 1. The number of rotatable bonds is 22. The van der Waals surface area contributed by atoms with Crippen LogP contribution < -0.4 is 16.4 Å². The number of carboxylic acids is 2. The zero-order valence-corrected chi connectivity index (χ0v) is 35.9. The Morgan fingerprint density at radius 2 is 1.71 bits per heavy atom. The highest BCUT2D eigenvalue weighted by molar-refractivity contribution is 8.00. The molecule has 1 heterocycles. The molecule has 13 nitrogen and oxygen atoms in total. The van der Waals surface area contributed by atoms with Crippen molar-refractivity contribution in [2.75, 3.05) is 31.2 Å². The fourth-order valence-electron chi connectivity index (χ4n) is 6.16. The van der Waals surface area contributed by atoms with Crippen LogP contribution in [0, 0.1) is 17.0 Å². The highest BCUT2D eigenvalue weighted by Crippen LogP contribution is 2.41. The summed E-state index contributed by atoms with van der Waals surface area (Å²) in [5.41, 5.74) is 7.15. The second-order valence-electron chi connectivity index (χ2n) is 16.4. The van der Waals surface area contributed by atoms with Gasteiger partial charge in [0.2, 0.25) is 11.8 Å². The zero-order chi connectivity index (χ0) is 43.2. The van der Waals surface area contributed by atoms with Crippen LogP contribution in [0.2, 0.25) is 25.7 Å². The number of carboxylic acid groups (broad SMARTS) is 2. The van der Waals surface area contributed by atoms with Gasteiger partial charge in [-0.15, -0.1) is 11.8 Å². The summed E-state index contributed by atoms with van der Waals surface area (Å²) >= 11 is 0.983. The smallest absolute Gasteiger partial charge is 0.407 e. The maximum atomic E-state index is 15.2. The summed E-state index contributed by atoms with van der Waals surface area (Å²) in [6, 6.07) is 12.0. The number of carbonyl (C=O) groups excluding carboxylic acids is 3. The van der Waals surface area contributed by atoms with E-state index >= 15 is 4.39 Å². The number of nitrogens with zero attached hydrogens (tertiary/aromatic N) is 2. The Bertz CT molecular complexity index is 1870. The van der Waals surface area contributed by atoms with Crippen LogP contribution in [-0.4, -0.2) is 101 Å². The number of nitrogens with one attached hydrogen (secondary N) is 2. The Hall–Kier alpha value is -4.74. The van der Waals surface area contributed by atoms with Gasteiger partial charge in [0.25, 0.3) is 0 Å². The van der Waals surface area contributed by atoms with Crippen LogP contribution in [0.1, 0.15) is 57.3 Å². The van der Waals surface area contributed by atoms with E-state index in [9.17, 15) is 33.5 Å². The maximum absolute atomic E-state index is 15.2. The van der Waals surface area contributed by atoms with Crippen LogP contribution >= 0.6 is 11.8 Å². The quantitative estimate of drug-likeness (QED) is 0.0563. The Morgan fingerprint density at radius 3 is 2.33 bits per heavy atom. The molecule has 0 fully saturated rings. The summed E-state index contributed by atoms with van der Waals surface area (Å²) in [7, 11) is -1.42. The van der Waals surface area contributed by atoms with E-state index in [2.05, 4.69) is 30.3 Å². The van der Waals surface area contributed by atoms with Gasteiger partial charge in [-0.2, -0.15) is 0 Å². The Morgan fingerprint density at radius 1 is 1.02 bits per heavy atom. The predicted octanol–water partition coefficient (Wildman–Crippen LogP) is 6.35. The van der Waals surface area contributed by atoms with Crippen molar-refractivity contribution in [2.24, 2.45) is 11.1 Å². The Kier molecular flexibility index (Phi) is 17.9. The first kappa shape index (κ1) is 47.6. The number of benzene rings is 2. The lowest BCUT2D eigenvalue weighted by Gasteiger charge is -2.41. The van der Waals surface area contributed by atoms with Gasteiger partial charge in [-0.05, 0) is 54.1 Å². The molecule has 0 spiro atoms. The topological polar surface area (TPSA) is 193 Å². The number of nitrogens with two attached hydrogens (primary N) is 1. The van der Waals surface area contributed by atoms with Crippen molar-refractivity contribution in [3.05, 3.63) is 83.7 Å². The van der Waals surface area contributed by atoms with Crippen molar-refractivity contribution >= 4 is 49.7 Å². The van der Waals surface area contributed by atoms with E-state index in [1.807, 2.05) is 55.7 Å². The van der Waals surface area contributed by atoms with E-state index < -0.39 is 67.2 Å². The van der Waals surface area contributed by atoms with E-state index in [4.69, 9.17) is 15.6 Å². The molecule has 17 heteroatoms. The van der Waals surface area contributed by atoms with Gasteiger partial charge in [0, 0.05) is 62.9 Å². The van der Waals surface area contributed by atoms with Gasteiger partial charge in [0.05, 0.1) is 24.4 Å². The molecule has 0 radical (unpaired) electrons. The number of ether oxygens (including phenoxy) is 1. The van der Waals surface area contributed by atoms with E-state index in [0.717, 1.165) is 41.6 Å². The first-order valence-electron chi connectivity index (χ1n) is 19.1. The average Bonchev–Trinajstić information content (AvgIpc) is 3.53. The van der Waals surface area contributed by atoms with E-state index in [0.29, 0.717) is 30.8 Å². The molecular formula is C41H57F2N5O8SSi. The third kappa shape index (κ3) is 15.5. The SMILES string of the molecule is CC(C)(C)[C@H](c1cc(-c2cc(F)ccc2F)cn1Cc1ccccc1)N(CCCNC(=O)OCC[Si](C)(C)C)C(=O)CSC[C@H](NC(=O)[C@@H](N)CCC(=O)O)C(=O)O. The van der Waals surface area contributed by atoms with Gasteiger partial charge in [-0.25, -0.2) is 18.4 Å². The number of hydrogen-bond donors (Lipinski definition) is 5. The minimum absolute atomic E-state index is 0.0513. The number of halogens is 2. The first-order chi connectivity index (χ1) is 27.2. The molecule has 0 aliphatic carbocycles. The van der Waals surface area contributed by atoms with Gasteiger partial charge in [0.15, 0.2) is 0 Å². The van der Waals surface area contributed by atoms with Crippen LogP contribution in [0.15, 0.2) is 60.8 Å². The largest absolute Gasteiger partial charge is 0.481 e. The summed E-state index contributed by atoms with van der Waals surface area (Å²) in [6.07, 6.45) is 0.923. The number of aliphatic carboxylic acids is 2. The molecule has 318 valence electrons. The molecule has 3 aromatic rings. The van der Waals surface area contributed by atoms with E-state index in [1.165, 1.54) is 0 Å². The van der Waals surface area contributed by atoms with Crippen LogP contribution in [0.3, 0.4) is 0 Å². The highest BCUT2D eigenvalue weighted by atomic mass is 32.2. The maximum Gasteiger partial charge on any atom is 0.407 e. The summed E-state index contributed by atoms with van der Waals surface area (Å²) in [6.45, 7) is 13.3. The molecule has 58 heavy (non-hydrogen) atoms. The van der Waals surface area contributed by atoms with Gasteiger partial charge in [0.1, 0.15) is 17.7 Å². The average molecular weight is 846 g/mol. The lowest BCUT2D eigenvalue weighted by atomic mass is 9.83. The third-order valence-corrected chi connectivity index (χ3v) is 11.9. The van der Waals surface area contributed by atoms with Crippen molar-refractivity contribution in [1.82, 2.24) is 20.1 Å². The number of carbonyl (C=O) groups is 5. The summed E-state index contributed by atoms with van der Waals surface area (Å²) in [4.78, 5) is 64.2. The van der Waals surface area contributed by atoms with E-state index in [-0.39, 0.29) is 48.9 Å². The third-order valence-electron chi connectivity index (χ3n) is 9.16. The number of hydrogen-bond acceptors (Lipinski definition) is 8. The van der Waals surface area contributed by atoms with Crippen LogP contribution in [0.4, 0.5) is 13.6 Å². The molecule has 0 saturated carbocycles. The molecule has 2 aromatic carbocycles. The molecular weight excluding hydrogens is 789 g/mol. The normalized spacial score (nSPS) is 13.3. The molecule has 0 bridgehead atoms. The van der Waals surface area contributed by atoms with Crippen LogP contribution in [0.5, 0.6) is 0 Å². The number of thioether (sulfide) groups is 1. The van der Waals surface area contributed by atoms with Gasteiger partial charge >= 0.3 is 18.0 Å². The summed E-state index contributed by atoms with van der Waals surface area (Å²) in [5.74, 6) is -5.34. The lowest BCUT2D eigenvalue weighted by Crippen LogP contribution is -2.50. The van der Waals surface area contributed by atoms with Crippen molar-refractivity contribution in [1.29, 1.82) is 0 Å². The fourth-order valence-corrected chi connectivity index (χ4v) is 7.80.